The van der Waals surface area contributed by atoms with Gasteiger partial charge in [-0.1, -0.05) is 99.0 Å². The number of aryl methyl sites for hydroxylation is 3. The van der Waals surface area contributed by atoms with Gasteiger partial charge in [0.05, 0.1) is 6.04 Å². The van der Waals surface area contributed by atoms with Gasteiger partial charge < -0.3 is 14.0 Å². The standard InChI is InChI=1S/C42H50N2O3S/c1-10-43-36-22-14-29(4)26-34(36)41(6,7)38(43)24-18-31-16-17-32(40(31)47-48(45,46)33-20-12-28(3)13-21-33)19-25-39-42(8,9)35-27-30(5)15-23-37(35)44(39)11-2/h12-15,18-27,38H,10-11,16-17H2,1-9H3/b24-18+,32-19+,39-25+. The van der Waals surface area contributed by atoms with Gasteiger partial charge in [0.25, 0.3) is 0 Å². The largest absolute Gasteiger partial charge is 0.378 e. The lowest BCUT2D eigenvalue weighted by atomic mass is 9.79. The summed E-state index contributed by atoms with van der Waals surface area (Å²) in [5, 5.41) is 0. The predicted octanol–water partition coefficient (Wildman–Crippen LogP) is 9.74. The number of nitrogens with zero attached hydrogens (tertiary/aromatic N) is 2. The third-order valence-corrected chi connectivity index (χ3v) is 11.8. The van der Waals surface area contributed by atoms with Gasteiger partial charge in [0.2, 0.25) is 0 Å². The van der Waals surface area contributed by atoms with E-state index in [2.05, 4.69) is 126 Å². The van der Waals surface area contributed by atoms with Crippen molar-refractivity contribution in [3.63, 3.8) is 0 Å². The molecule has 2 aliphatic heterocycles. The molecule has 0 N–H and O–H groups in total. The van der Waals surface area contributed by atoms with Crippen LogP contribution in [0, 0.1) is 20.8 Å². The van der Waals surface area contributed by atoms with Crippen LogP contribution < -0.4 is 9.80 Å². The second-order valence-electron chi connectivity index (χ2n) is 14.7. The molecule has 1 unspecified atom stereocenters. The van der Waals surface area contributed by atoms with E-state index in [-0.39, 0.29) is 21.8 Å². The van der Waals surface area contributed by atoms with E-state index in [4.69, 9.17) is 4.18 Å². The Balaban J connectivity index is 1.42. The summed E-state index contributed by atoms with van der Waals surface area (Å²) in [5.74, 6) is 0.447. The number of likely N-dealkylation sites (N-methyl/N-ethyl adjacent to an activating group) is 2. The number of benzene rings is 3. The first-order chi connectivity index (χ1) is 22.7. The minimum atomic E-state index is -4.05. The van der Waals surface area contributed by atoms with Crippen molar-refractivity contribution >= 4 is 21.5 Å². The van der Waals surface area contributed by atoms with Crippen LogP contribution in [0.25, 0.3) is 0 Å². The molecular formula is C42H50N2O3S. The van der Waals surface area contributed by atoms with Crippen LogP contribution in [0.1, 0.15) is 82.2 Å². The van der Waals surface area contributed by atoms with Crippen molar-refractivity contribution in [2.45, 2.75) is 96.9 Å². The second kappa shape index (κ2) is 12.5. The summed E-state index contributed by atoms with van der Waals surface area (Å²) in [5.41, 5.74) is 11.4. The van der Waals surface area contributed by atoms with Crippen molar-refractivity contribution < 1.29 is 12.6 Å². The minimum absolute atomic E-state index is 0.115. The SMILES string of the molecule is CCN1/C(=C/C=C2\CCC(/C=C/C3N(CC)c4ccc(C)cc4C3(C)C)=C2OS(=O)(=O)c2ccc(C)cc2)C(C)(C)c2cc(C)ccc21. The van der Waals surface area contributed by atoms with Crippen molar-refractivity contribution in [3.05, 3.63) is 135 Å². The molecule has 1 atom stereocenters. The molecule has 252 valence electrons. The molecule has 2 heterocycles. The van der Waals surface area contributed by atoms with Gasteiger partial charge in [-0.15, -0.1) is 0 Å². The average molecular weight is 663 g/mol. The van der Waals surface area contributed by atoms with Crippen molar-refractivity contribution in [2.75, 3.05) is 22.9 Å². The molecule has 0 aromatic heterocycles. The van der Waals surface area contributed by atoms with E-state index in [1.807, 2.05) is 19.1 Å². The maximum Gasteiger partial charge on any atom is 0.339 e. The van der Waals surface area contributed by atoms with Crippen LogP contribution in [0.5, 0.6) is 0 Å². The van der Waals surface area contributed by atoms with E-state index in [1.54, 1.807) is 12.1 Å². The van der Waals surface area contributed by atoms with Crippen LogP contribution >= 0.6 is 0 Å². The quantitative estimate of drug-likeness (QED) is 0.225. The number of fused-ring (bicyclic) bond motifs is 2. The Bertz CT molecular complexity index is 1980. The summed E-state index contributed by atoms with van der Waals surface area (Å²) in [6, 6.07) is 20.4. The number of hydrogen-bond donors (Lipinski definition) is 0. The third-order valence-electron chi connectivity index (χ3n) is 10.6. The maximum atomic E-state index is 13.7. The summed E-state index contributed by atoms with van der Waals surface area (Å²) in [6.45, 7) is 21.5. The highest BCUT2D eigenvalue weighted by Gasteiger charge is 2.43. The van der Waals surface area contributed by atoms with Crippen LogP contribution in [-0.4, -0.2) is 27.5 Å². The fraction of sp³-hybridized carbons (Fsp3) is 0.381. The Kier molecular flexibility index (Phi) is 8.78. The first kappa shape index (κ1) is 33.9. The van der Waals surface area contributed by atoms with E-state index in [0.29, 0.717) is 18.6 Å². The summed E-state index contributed by atoms with van der Waals surface area (Å²) in [7, 11) is -4.05. The van der Waals surface area contributed by atoms with E-state index < -0.39 is 10.1 Å². The molecule has 3 aromatic rings. The van der Waals surface area contributed by atoms with Crippen LogP contribution in [0.2, 0.25) is 0 Å². The van der Waals surface area contributed by atoms with Crippen LogP contribution in [-0.2, 0) is 25.1 Å². The molecule has 0 amide bonds. The molecule has 0 spiro atoms. The summed E-state index contributed by atoms with van der Waals surface area (Å²) < 4.78 is 33.6. The Morgan fingerprint density at radius 2 is 1.42 bits per heavy atom. The van der Waals surface area contributed by atoms with Gasteiger partial charge in [-0.2, -0.15) is 8.42 Å². The molecule has 48 heavy (non-hydrogen) atoms. The highest BCUT2D eigenvalue weighted by Crippen LogP contribution is 2.49. The zero-order valence-corrected chi connectivity index (χ0v) is 30.8. The van der Waals surface area contributed by atoms with Gasteiger partial charge in [-0.05, 0) is 100 Å². The number of allylic oxidation sites excluding steroid dienone is 6. The van der Waals surface area contributed by atoms with Crippen molar-refractivity contribution in [1.29, 1.82) is 0 Å². The van der Waals surface area contributed by atoms with E-state index >= 15 is 0 Å². The molecule has 0 saturated heterocycles. The smallest absolute Gasteiger partial charge is 0.339 e. The van der Waals surface area contributed by atoms with Gasteiger partial charge in [-0.25, -0.2) is 0 Å². The van der Waals surface area contributed by atoms with E-state index in [9.17, 15) is 8.42 Å². The maximum absolute atomic E-state index is 13.7. The zero-order chi connectivity index (χ0) is 34.6. The number of anilines is 2. The summed E-state index contributed by atoms with van der Waals surface area (Å²) in [6.07, 6.45) is 10.1. The molecule has 5 nitrogen and oxygen atoms in total. The molecule has 0 radical (unpaired) electrons. The Hall–Kier alpha value is -4.03. The van der Waals surface area contributed by atoms with Crippen LogP contribution in [0.4, 0.5) is 11.4 Å². The van der Waals surface area contributed by atoms with Gasteiger partial charge in [0, 0.05) is 41.0 Å². The lowest BCUT2D eigenvalue weighted by Crippen LogP contribution is -2.39. The fourth-order valence-corrected chi connectivity index (χ4v) is 8.83. The summed E-state index contributed by atoms with van der Waals surface area (Å²) in [4.78, 5) is 4.98. The molecular weight excluding hydrogens is 613 g/mol. The minimum Gasteiger partial charge on any atom is -0.378 e. The first-order valence-corrected chi connectivity index (χ1v) is 18.7. The molecule has 0 bridgehead atoms. The topological polar surface area (TPSA) is 49.9 Å². The van der Waals surface area contributed by atoms with Gasteiger partial charge in [0.15, 0.2) is 0 Å². The molecule has 3 aromatic carbocycles. The number of hydrogen-bond acceptors (Lipinski definition) is 5. The Labute approximate surface area is 288 Å². The Morgan fingerprint density at radius 3 is 2.06 bits per heavy atom. The van der Waals surface area contributed by atoms with Crippen molar-refractivity contribution in [1.82, 2.24) is 0 Å². The molecule has 6 heteroatoms. The van der Waals surface area contributed by atoms with E-state index in [0.717, 1.165) is 29.8 Å². The molecule has 0 saturated carbocycles. The first-order valence-electron chi connectivity index (χ1n) is 17.3. The van der Waals surface area contributed by atoms with Gasteiger partial charge >= 0.3 is 10.1 Å². The van der Waals surface area contributed by atoms with Gasteiger partial charge in [-0.3, -0.25) is 0 Å². The van der Waals surface area contributed by atoms with E-state index in [1.165, 1.54) is 39.3 Å². The second-order valence-corrected chi connectivity index (χ2v) is 16.2. The number of rotatable bonds is 8. The summed E-state index contributed by atoms with van der Waals surface area (Å²) >= 11 is 0. The monoisotopic (exact) mass is 662 g/mol. The fourth-order valence-electron chi connectivity index (χ4n) is 7.83. The normalized spacial score (nSPS) is 21.6. The lowest BCUT2D eigenvalue weighted by Gasteiger charge is -2.31. The van der Waals surface area contributed by atoms with Gasteiger partial charge in [0.1, 0.15) is 10.7 Å². The molecule has 0 fully saturated rings. The molecule has 1 aliphatic carbocycles. The van der Waals surface area contributed by atoms with Crippen molar-refractivity contribution in [3.8, 4) is 0 Å². The lowest BCUT2D eigenvalue weighted by molar-refractivity contribution is 0.413. The molecule has 6 rings (SSSR count). The van der Waals surface area contributed by atoms with Crippen molar-refractivity contribution in [2.24, 2.45) is 0 Å². The average Bonchev–Trinajstić information content (AvgIpc) is 3.58. The molecule has 3 aliphatic rings. The highest BCUT2D eigenvalue weighted by atomic mass is 32.2. The highest BCUT2D eigenvalue weighted by molar-refractivity contribution is 7.86. The predicted molar refractivity (Wildman–Crippen MR) is 199 cm³/mol. The third kappa shape index (κ3) is 5.83. The zero-order valence-electron chi connectivity index (χ0n) is 30.0. The Morgan fingerprint density at radius 1 is 0.792 bits per heavy atom. The van der Waals surface area contributed by atoms with Crippen LogP contribution in [0.3, 0.4) is 0 Å². The van der Waals surface area contributed by atoms with Crippen LogP contribution in [0.15, 0.2) is 112 Å².